The zero-order chi connectivity index (χ0) is 24.5. The van der Waals surface area contributed by atoms with E-state index >= 15 is 0 Å². The number of benzene rings is 3. The molecule has 1 unspecified atom stereocenters. The lowest BCUT2D eigenvalue weighted by Crippen LogP contribution is -2.41. The third kappa shape index (κ3) is 4.51. The predicted molar refractivity (Wildman–Crippen MR) is 137 cm³/mol. The molecule has 5 rings (SSSR count). The lowest BCUT2D eigenvalue weighted by Gasteiger charge is -2.35. The molecule has 0 fully saturated rings. The number of nitrogens with zero attached hydrogens (tertiary/aromatic N) is 2. The molecule has 35 heavy (non-hydrogen) atoms. The molecule has 0 radical (unpaired) electrons. The van der Waals surface area contributed by atoms with Gasteiger partial charge in [-0.2, -0.15) is 0 Å². The molecule has 0 saturated heterocycles. The van der Waals surface area contributed by atoms with Gasteiger partial charge in [-0.3, -0.25) is 14.4 Å². The summed E-state index contributed by atoms with van der Waals surface area (Å²) in [5.41, 5.74) is 4.82. The minimum atomic E-state index is -0.688. The summed E-state index contributed by atoms with van der Waals surface area (Å²) >= 11 is 0. The number of aryl methyl sites for hydroxylation is 2. The Morgan fingerprint density at radius 2 is 1.71 bits per heavy atom. The van der Waals surface area contributed by atoms with Gasteiger partial charge in [-0.15, -0.1) is 0 Å². The number of carbonyl (C=O) groups is 3. The molecule has 0 aliphatic carbocycles. The number of fused-ring (bicyclic) bond motifs is 1. The van der Waals surface area contributed by atoms with Crippen LogP contribution in [-0.4, -0.2) is 49.8 Å². The topological polar surface area (TPSA) is 81.8 Å². The predicted octanol–water partition coefficient (Wildman–Crippen LogP) is 3.42. The number of rotatable bonds is 5. The number of hydrogen-bond donors (Lipinski definition) is 2. The summed E-state index contributed by atoms with van der Waals surface area (Å²) in [7, 11) is 3.93. The Labute approximate surface area is 205 Å². The summed E-state index contributed by atoms with van der Waals surface area (Å²) in [6.07, 6.45) is 2.89. The van der Waals surface area contributed by atoms with Crippen molar-refractivity contribution in [2.75, 3.05) is 37.4 Å². The number of likely N-dealkylation sites (N-methyl/N-ethyl adjacent to an activating group) is 1. The Bertz CT molecular complexity index is 1290. The normalized spacial score (nSPS) is 15.6. The first kappa shape index (κ1) is 23.1. The van der Waals surface area contributed by atoms with Crippen LogP contribution in [-0.2, 0) is 27.2 Å². The second-order valence-electron chi connectivity index (χ2n) is 9.50. The van der Waals surface area contributed by atoms with Gasteiger partial charge < -0.3 is 20.4 Å². The van der Waals surface area contributed by atoms with E-state index in [2.05, 4.69) is 34.9 Å². The van der Waals surface area contributed by atoms with Gasteiger partial charge in [0.25, 0.3) is 0 Å². The molecule has 7 nitrogen and oxygen atoms in total. The fourth-order valence-corrected chi connectivity index (χ4v) is 5.29. The molecule has 3 aromatic carbocycles. The highest BCUT2D eigenvalue weighted by molar-refractivity contribution is 6.39. The van der Waals surface area contributed by atoms with Crippen molar-refractivity contribution in [1.82, 2.24) is 10.2 Å². The molecule has 2 aliphatic heterocycles. The molecular weight excluding hydrogens is 440 g/mol. The van der Waals surface area contributed by atoms with Crippen molar-refractivity contribution >= 4 is 39.9 Å². The minimum absolute atomic E-state index is 0.0884. The maximum Gasteiger partial charge on any atom is 0.313 e. The Morgan fingerprint density at radius 1 is 0.971 bits per heavy atom. The standard InChI is InChI=1S/C28H30N4O3/c1-31(2)24(23-11-5-8-18-7-3-4-10-22(18)23)17-29-27(34)28(35)30-21-15-19-9-6-14-32-25(33)13-12-20(16-21)26(19)32/h3-5,7-8,10-11,15-16,24H,6,9,12-14,17H2,1-2H3,(H,29,34)(H,30,35). The molecule has 0 aromatic heterocycles. The fraction of sp³-hybridized carbons (Fsp3) is 0.321. The van der Waals surface area contributed by atoms with Crippen LogP contribution in [0.4, 0.5) is 11.4 Å². The third-order valence-electron chi connectivity index (χ3n) is 7.00. The van der Waals surface area contributed by atoms with E-state index in [4.69, 9.17) is 0 Å². The number of anilines is 2. The summed E-state index contributed by atoms with van der Waals surface area (Å²) in [4.78, 5) is 41.6. The smallest absolute Gasteiger partial charge is 0.313 e. The van der Waals surface area contributed by atoms with E-state index in [-0.39, 0.29) is 11.9 Å². The SMILES string of the molecule is CN(C)C(CNC(=O)C(=O)Nc1cc2c3c(c1)CCC(=O)N3CCC2)c1cccc2ccccc12. The van der Waals surface area contributed by atoms with Crippen molar-refractivity contribution in [3.63, 3.8) is 0 Å². The fourth-order valence-electron chi connectivity index (χ4n) is 5.29. The van der Waals surface area contributed by atoms with E-state index in [0.717, 1.165) is 52.5 Å². The molecule has 1 atom stereocenters. The molecule has 0 spiro atoms. The molecule has 3 amide bonds. The van der Waals surface area contributed by atoms with Crippen LogP contribution in [0.3, 0.4) is 0 Å². The van der Waals surface area contributed by atoms with Crippen LogP contribution < -0.4 is 15.5 Å². The average Bonchev–Trinajstić information content (AvgIpc) is 2.86. The Balaban J connectivity index is 1.29. The van der Waals surface area contributed by atoms with Crippen molar-refractivity contribution < 1.29 is 14.4 Å². The van der Waals surface area contributed by atoms with Crippen molar-refractivity contribution in [2.45, 2.75) is 31.7 Å². The zero-order valence-corrected chi connectivity index (χ0v) is 20.1. The Morgan fingerprint density at radius 3 is 2.51 bits per heavy atom. The molecule has 180 valence electrons. The summed E-state index contributed by atoms with van der Waals surface area (Å²) in [6, 6.07) is 18.0. The first-order chi connectivity index (χ1) is 16.9. The van der Waals surface area contributed by atoms with Crippen LogP contribution in [0.15, 0.2) is 54.6 Å². The van der Waals surface area contributed by atoms with E-state index < -0.39 is 11.8 Å². The molecule has 2 aliphatic rings. The summed E-state index contributed by atoms with van der Waals surface area (Å²) in [6.45, 7) is 1.05. The van der Waals surface area contributed by atoms with Crippen molar-refractivity contribution in [1.29, 1.82) is 0 Å². The number of amides is 3. The summed E-state index contributed by atoms with van der Waals surface area (Å²) in [5, 5.41) is 7.85. The van der Waals surface area contributed by atoms with Crippen molar-refractivity contribution in [3.8, 4) is 0 Å². The monoisotopic (exact) mass is 470 g/mol. The maximum absolute atomic E-state index is 12.7. The molecular formula is C28H30N4O3. The van der Waals surface area contributed by atoms with Crippen LogP contribution in [0.1, 0.15) is 35.6 Å². The van der Waals surface area contributed by atoms with Crippen LogP contribution in [0.25, 0.3) is 10.8 Å². The first-order valence-corrected chi connectivity index (χ1v) is 12.1. The molecule has 7 heteroatoms. The van der Waals surface area contributed by atoms with Gasteiger partial charge in [-0.1, -0.05) is 42.5 Å². The van der Waals surface area contributed by atoms with Crippen LogP contribution >= 0.6 is 0 Å². The van der Waals surface area contributed by atoms with Gasteiger partial charge in [0.05, 0.1) is 11.7 Å². The van der Waals surface area contributed by atoms with Crippen molar-refractivity contribution in [3.05, 3.63) is 71.3 Å². The number of hydrogen-bond acceptors (Lipinski definition) is 4. The third-order valence-corrected chi connectivity index (χ3v) is 7.00. The highest BCUT2D eigenvalue weighted by Crippen LogP contribution is 2.37. The molecule has 0 bridgehead atoms. The molecule has 2 heterocycles. The number of nitrogens with one attached hydrogen (secondary N) is 2. The van der Waals surface area contributed by atoms with E-state index in [1.807, 2.05) is 54.2 Å². The highest BCUT2D eigenvalue weighted by Gasteiger charge is 2.30. The van der Waals surface area contributed by atoms with E-state index in [9.17, 15) is 14.4 Å². The van der Waals surface area contributed by atoms with Gasteiger partial charge in [0.15, 0.2) is 0 Å². The van der Waals surface area contributed by atoms with Crippen molar-refractivity contribution in [2.24, 2.45) is 0 Å². The van der Waals surface area contributed by atoms with E-state index in [1.54, 1.807) is 0 Å². The van der Waals surface area contributed by atoms with Gasteiger partial charge in [-0.05, 0) is 73.0 Å². The second-order valence-corrected chi connectivity index (χ2v) is 9.50. The molecule has 2 N–H and O–H groups in total. The Hall–Kier alpha value is -3.71. The second kappa shape index (κ2) is 9.50. The van der Waals surface area contributed by atoms with Gasteiger partial charge in [-0.25, -0.2) is 0 Å². The quantitative estimate of drug-likeness (QED) is 0.560. The van der Waals surface area contributed by atoms with E-state index in [1.165, 1.54) is 0 Å². The van der Waals surface area contributed by atoms with Crippen LogP contribution in [0.2, 0.25) is 0 Å². The maximum atomic E-state index is 12.7. The summed E-state index contributed by atoms with van der Waals surface area (Å²) in [5.74, 6) is -1.19. The first-order valence-electron chi connectivity index (χ1n) is 12.1. The summed E-state index contributed by atoms with van der Waals surface area (Å²) < 4.78 is 0. The van der Waals surface area contributed by atoms with Gasteiger partial charge in [0.2, 0.25) is 5.91 Å². The van der Waals surface area contributed by atoms with Crippen LogP contribution in [0.5, 0.6) is 0 Å². The lowest BCUT2D eigenvalue weighted by atomic mass is 9.91. The van der Waals surface area contributed by atoms with E-state index in [0.29, 0.717) is 25.1 Å². The lowest BCUT2D eigenvalue weighted by molar-refractivity contribution is -0.136. The zero-order valence-electron chi connectivity index (χ0n) is 20.1. The Kier molecular flexibility index (Phi) is 6.26. The number of carbonyl (C=O) groups excluding carboxylic acids is 3. The average molecular weight is 471 g/mol. The largest absolute Gasteiger partial charge is 0.346 e. The molecule has 3 aromatic rings. The molecule has 0 saturated carbocycles. The van der Waals surface area contributed by atoms with Gasteiger partial charge in [0, 0.05) is 25.2 Å². The van der Waals surface area contributed by atoms with Gasteiger partial charge >= 0.3 is 11.8 Å². The highest BCUT2D eigenvalue weighted by atomic mass is 16.2. The van der Waals surface area contributed by atoms with Gasteiger partial charge in [0.1, 0.15) is 0 Å². The van der Waals surface area contributed by atoms with Crippen LogP contribution in [0, 0.1) is 0 Å². The minimum Gasteiger partial charge on any atom is -0.346 e.